The van der Waals surface area contributed by atoms with Crippen LogP contribution < -0.4 is 10.9 Å². The molecular weight excluding hydrogens is 300 g/mol. The van der Waals surface area contributed by atoms with Crippen molar-refractivity contribution in [1.29, 1.82) is 0 Å². The summed E-state index contributed by atoms with van der Waals surface area (Å²) in [5.41, 5.74) is -0.703. The minimum absolute atomic E-state index is 0.214. The molecule has 0 saturated heterocycles. The van der Waals surface area contributed by atoms with Crippen molar-refractivity contribution in [2.24, 2.45) is 7.05 Å². The number of amides is 1. The number of aryl methyl sites for hydroxylation is 1. The van der Waals surface area contributed by atoms with E-state index < -0.39 is 16.5 Å². The van der Waals surface area contributed by atoms with Gasteiger partial charge in [-0.3, -0.25) is 19.7 Å². The fourth-order valence-electron chi connectivity index (χ4n) is 1.65. The number of anilines is 1. The van der Waals surface area contributed by atoms with E-state index in [4.69, 9.17) is 11.6 Å². The molecule has 2 aromatic rings. The largest absolute Gasteiger partial charge is 0.320 e. The molecule has 9 heteroatoms. The molecule has 0 atom stereocenters. The molecule has 0 aliphatic carbocycles. The van der Waals surface area contributed by atoms with Gasteiger partial charge in [-0.1, -0.05) is 11.6 Å². The number of hydrogen-bond acceptors (Lipinski definition) is 5. The topological polar surface area (TPSA) is 107 Å². The van der Waals surface area contributed by atoms with Crippen molar-refractivity contribution in [2.75, 3.05) is 5.32 Å². The number of carbonyl (C=O) groups is 1. The fraction of sp³-hybridized carbons (Fsp3) is 0.0833. The molecule has 0 aliphatic heterocycles. The zero-order valence-electron chi connectivity index (χ0n) is 10.7. The van der Waals surface area contributed by atoms with E-state index >= 15 is 0 Å². The first kappa shape index (κ1) is 14.7. The van der Waals surface area contributed by atoms with Gasteiger partial charge in [0.05, 0.1) is 10.6 Å². The van der Waals surface area contributed by atoms with E-state index in [0.717, 1.165) is 0 Å². The minimum Gasteiger partial charge on any atom is -0.320 e. The van der Waals surface area contributed by atoms with Crippen LogP contribution in [0.3, 0.4) is 0 Å². The van der Waals surface area contributed by atoms with E-state index in [9.17, 15) is 19.7 Å². The predicted molar refractivity (Wildman–Crippen MR) is 75.5 cm³/mol. The highest BCUT2D eigenvalue weighted by Crippen LogP contribution is 2.26. The summed E-state index contributed by atoms with van der Waals surface area (Å²) in [4.78, 5) is 37.1. The van der Waals surface area contributed by atoms with Crippen molar-refractivity contribution < 1.29 is 9.72 Å². The lowest BCUT2D eigenvalue weighted by Crippen LogP contribution is -2.18. The van der Waals surface area contributed by atoms with Gasteiger partial charge < -0.3 is 9.88 Å². The van der Waals surface area contributed by atoms with Gasteiger partial charge in [-0.15, -0.1) is 0 Å². The Kier molecular flexibility index (Phi) is 3.99. The Labute approximate surface area is 123 Å². The van der Waals surface area contributed by atoms with Crippen LogP contribution in [0.2, 0.25) is 5.15 Å². The smallest absolute Gasteiger partial charge is 0.319 e. The monoisotopic (exact) mass is 308 g/mol. The molecule has 1 amide bonds. The van der Waals surface area contributed by atoms with Crippen LogP contribution in [-0.2, 0) is 7.05 Å². The van der Waals surface area contributed by atoms with Gasteiger partial charge in [0.2, 0.25) is 10.7 Å². The lowest BCUT2D eigenvalue weighted by atomic mass is 10.2. The summed E-state index contributed by atoms with van der Waals surface area (Å²) >= 11 is 5.64. The van der Waals surface area contributed by atoms with Crippen LogP contribution in [0.4, 0.5) is 11.4 Å². The Bertz CT molecular complexity index is 787. The van der Waals surface area contributed by atoms with E-state index in [1.54, 1.807) is 0 Å². The predicted octanol–water partition coefficient (Wildman–Crippen LogP) is 1.59. The number of pyridine rings is 2. The summed E-state index contributed by atoms with van der Waals surface area (Å²) in [6.07, 6.45) is 2.60. The molecule has 0 radical (unpaired) electrons. The third-order valence-corrected chi connectivity index (χ3v) is 2.93. The molecule has 2 aromatic heterocycles. The van der Waals surface area contributed by atoms with Crippen molar-refractivity contribution in [3.63, 3.8) is 0 Å². The molecule has 0 saturated carbocycles. The van der Waals surface area contributed by atoms with Crippen molar-refractivity contribution >= 4 is 28.9 Å². The SMILES string of the molecule is Cn1cc(NC(=O)c2ccnc(Cl)c2[N+](=O)[O-])ccc1=O. The average molecular weight is 309 g/mol. The van der Waals surface area contributed by atoms with Crippen LogP contribution in [0.1, 0.15) is 10.4 Å². The zero-order valence-corrected chi connectivity index (χ0v) is 11.5. The fourth-order valence-corrected chi connectivity index (χ4v) is 1.88. The Morgan fingerprint density at radius 2 is 2.14 bits per heavy atom. The summed E-state index contributed by atoms with van der Waals surface area (Å²) in [7, 11) is 1.52. The average Bonchev–Trinajstić information content (AvgIpc) is 2.42. The second-order valence-electron chi connectivity index (χ2n) is 4.08. The van der Waals surface area contributed by atoms with Crippen LogP contribution in [0.5, 0.6) is 0 Å². The second-order valence-corrected chi connectivity index (χ2v) is 4.43. The number of rotatable bonds is 3. The van der Waals surface area contributed by atoms with Gasteiger partial charge >= 0.3 is 5.69 Å². The summed E-state index contributed by atoms with van der Waals surface area (Å²) in [5, 5.41) is 13.0. The summed E-state index contributed by atoms with van der Waals surface area (Å²) in [5.74, 6) is -0.718. The normalized spacial score (nSPS) is 10.2. The maximum Gasteiger partial charge on any atom is 0.319 e. The summed E-state index contributed by atoms with van der Waals surface area (Å²) in [6.45, 7) is 0. The molecular formula is C12H9ClN4O4. The van der Waals surface area contributed by atoms with Gasteiger partial charge in [0.25, 0.3) is 5.91 Å². The Morgan fingerprint density at radius 1 is 1.43 bits per heavy atom. The van der Waals surface area contributed by atoms with Crippen LogP contribution >= 0.6 is 11.6 Å². The molecule has 0 spiro atoms. The first-order valence-corrected chi connectivity index (χ1v) is 6.05. The molecule has 21 heavy (non-hydrogen) atoms. The summed E-state index contributed by atoms with van der Waals surface area (Å²) in [6, 6.07) is 3.86. The first-order chi connectivity index (χ1) is 9.90. The van der Waals surface area contributed by atoms with E-state index in [1.807, 2.05) is 0 Å². The number of aromatic nitrogens is 2. The standard InChI is InChI=1S/C12H9ClN4O4/c1-16-6-7(2-3-9(16)18)15-12(19)8-4-5-14-11(13)10(8)17(20)21/h2-6H,1H3,(H,15,19). The lowest BCUT2D eigenvalue weighted by Gasteiger charge is -2.07. The number of halogens is 1. The van der Waals surface area contributed by atoms with Crippen molar-refractivity contribution in [3.8, 4) is 0 Å². The molecule has 0 aliphatic rings. The number of nitro groups is 1. The molecule has 8 nitrogen and oxygen atoms in total. The van der Waals surface area contributed by atoms with Gasteiger partial charge in [-0.05, 0) is 12.1 Å². The maximum atomic E-state index is 12.1. The van der Waals surface area contributed by atoms with Crippen molar-refractivity contribution in [1.82, 2.24) is 9.55 Å². The quantitative estimate of drug-likeness (QED) is 0.526. The van der Waals surface area contributed by atoms with Crippen LogP contribution in [-0.4, -0.2) is 20.4 Å². The highest BCUT2D eigenvalue weighted by molar-refractivity contribution is 6.32. The van der Waals surface area contributed by atoms with E-state index in [-0.39, 0.29) is 16.3 Å². The molecule has 1 N–H and O–H groups in total. The van der Waals surface area contributed by atoms with Crippen LogP contribution in [0.15, 0.2) is 35.4 Å². The molecule has 2 rings (SSSR count). The Hall–Kier alpha value is -2.74. The number of nitrogens with zero attached hydrogens (tertiary/aromatic N) is 3. The van der Waals surface area contributed by atoms with Crippen molar-refractivity contribution in [2.45, 2.75) is 0 Å². The molecule has 0 unspecified atom stereocenters. The van der Waals surface area contributed by atoms with Gasteiger partial charge in [0.1, 0.15) is 5.56 Å². The molecule has 0 fully saturated rings. The minimum atomic E-state index is -0.773. The van der Waals surface area contributed by atoms with Gasteiger partial charge in [0.15, 0.2) is 0 Å². The first-order valence-electron chi connectivity index (χ1n) is 5.67. The molecule has 108 valence electrons. The van der Waals surface area contributed by atoms with E-state index in [0.29, 0.717) is 5.69 Å². The zero-order chi connectivity index (χ0) is 15.6. The van der Waals surface area contributed by atoms with Gasteiger partial charge in [-0.25, -0.2) is 4.98 Å². The third-order valence-electron chi connectivity index (χ3n) is 2.65. The van der Waals surface area contributed by atoms with E-state index in [1.165, 1.54) is 42.2 Å². The number of carbonyl (C=O) groups excluding carboxylic acids is 1. The summed E-state index contributed by atoms with van der Waals surface area (Å²) < 4.78 is 1.27. The highest BCUT2D eigenvalue weighted by Gasteiger charge is 2.24. The van der Waals surface area contributed by atoms with Gasteiger partial charge in [-0.2, -0.15) is 0 Å². The molecule has 0 bridgehead atoms. The van der Waals surface area contributed by atoms with E-state index in [2.05, 4.69) is 10.3 Å². The number of nitrogens with one attached hydrogen (secondary N) is 1. The lowest BCUT2D eigenvalue weighted by molar-refractivity contribution is -0.385. The third kappa shape index (κ3) is 3.06. The Balaban J connectivity index is 2.37. The maximum absolute atomic E-state index is 12.1. The Morgan fingerprint density at radius 3 is 2.76 bits per heavy atom. The van der Waals surface area contributed by atoms with Crippen LogP contribution in [0, 0.1) is 10.1 Å². The van der Waals surface area contributed by atoms with Crippen LogP contribution in [0.25, 0.3) is 0 Å². The second kappa shape index (κ2) is 5.71. The number of hydrogen-bond donors (Lipinski definition) is 1. The molecule has 0 aromatic carbocycles. The van der Waals surface area contributed by atoms with Crippen molar-refractivity contribution in [3.05, 3.63) is 61.8 Å². The highest BCUT2D eigenvalue weighted by atomic mass is 35.5. The molecule has 2 heterocycles. The van der Waals surface area contributed by atoms with Gasteiger partial charge in [0, 0.05) is 25.5 Å².